The van der Waals surface area contributed by atoms with E-state index >= 15 is 0 Å². The van der Waals surface area contributed by atoms with E-state index in [1.807, 2.05) is 11.9 Å². The van der Waals surface area contributed by atoms with Gasteiger partial charge in [-0.3, -0.25) is 0 Å². The molecule has 0 N–H and O–H groups in total. The number of hydrogen-bond donors (Lipinski definition) is 0. The molecule has 1 aliphatic heterocycles. The lowest BCUT2D eigenvalue weighted by Crippen LogP contribution is -2.43. The van der Waals surface area contributed by atoms with Gasteiger partial charge in [-0.05, 0) is 7.05 Å². The Labute approximate surface area is 58.8 Å². The maximum atomic E-state index is 11.9. The monoisotopic (exact) mass is 151 g/mol. The third-order valence-electron chi connectivity index (χ3n) is 1.58. The SMILES string of the molecule is CN1CCOC(C(F)F)C1. The fourth-order valence-corrected chi connectivity index (χ4v) is 0.964. The second kappa shape index (κ2) is 3.25. The largest absolute Gasteiger partial charge is 0.370 e. The van der Waals surface area contributed by atoms with E-state index in [4.69, 9.17) is 4.74 Å². The molecule has 0 radical (unpaired) electrons. The van der Waals surface area contributed by atoms with Crippen LogP contribution in [-0.2, 0) is 4.74 Å². The molecule has 0 bridgehead atoms. The third kappa shape index (κ3) is 1.88. The average molecular weight is 151 g/mol. The summed E-state index contributed by atoms with van der Waals surface area (Å²) in [5.74, 6) is 0. The van der Waals surface area contributed by atoms with E-state index in [1.54, 1.807) is 0 Å². The van der Waals surface area contributed by atoms with Crippen LogP contribution in [0.25, 0.3) is 0 Å². The van der Waals surface area contributed by atoms with E-state index < -0.39 is 12.5 Å². The Hall–Kier alpha value is -0.220. The van der Waals surface area contributed by atoms with Crippen LogP contribution in [0.2, 0.25) is 0 Å². The van der Waals surface area contributed by atoms with Crippen molar-refractivity contribution in [2.24, 2.45) is 0 Å². The Bertz CT molecular complexity index is 110. The van der Waals surface area contributed by atoms with Crippen LogP contribution in [0.1, 0.15) is 0 Å². The van der Waals surface area contributed by atoms with Crippen LogP contribution < -0.4 is 0 Å². The molecule has 60 valence electrons. The van der Waals surface area contributed by atoms with Crippen molar-refractivity contribution in [3.8, 4) is 0 Å². The zero-order valence-electron chi connectivity index (χ0n) is 5.89. The molecule has 0 saturated carbocycles. The molecule has 1 saturated heterocycles. The molecule has 1 rings (SSSR count). The molecule has 1 fully saturated rings. The van der Waals surface area contributed by atoms with Gasteiger partial charge in [-0.2, -0.15) is 0 Å². The van der Waals surface area contributed by atoms with E-state index in [0.29, 0.717) is 13.2 Å². The third-order valence-corrected chi connectivity index (χ3v) is 1.58. The average Bonchev–Trinajstić information content (AvgIpc) is 1.88. The molecule has 0 spiro atoms. The summed E-state index contributed by atoms with van der Waals surface area (Å²) in [7, 11) is 1.82. The Morgan fingerprint density at radius 1 is 1.60 bits per heavy atom. The van der Waals surface area contributed by atoms with Crippen molar-refractivity contribution in [3.63, 3.8) is 0 Å². The summed E-state index contributed by atoms with van der Waals surface area (Å²) in [6, 6.07) is 0. The minimum Gasteiger partial charge on any atom is -0.370 e. The van der Waals surface area contributed by atoms with E-state index in [1.165, 1.54) is 0 Å². The van der Waals surface area contributed by atoms with Gasteiger partial charge in [-0.25, -0.2) is 8.78 Å². The lowest BCUT2D eigenvalue weighted by atomic mass is 10.3. The molecule has 1 aliphatic rings. The highest BCUT2D eigenvalue weighted by Crippen LogP contribution is 2.10. The van der Waals surface area contributed by atoms with Crippen molar-refractivity contribution in [1.82, 2.24) is 4.90 Å². The van der Waals surface area contributed by atoms with Crippen molar-refractivity contribution in [2.45, 2.75) is 12.5 Å². The number of rotatable bonds is 1. The van der Waals surface area contributed by atoms with Crippen LogP contribution in [0.5, 0.6) is 0 Å². The minimum atomic E-state index is -2.34. The summed E-state index contributed by atoms with van der Waals surface area (Å²) in [4.78, 5) is 1.85. The second-order valence-corrected chi connectivity index (χ2v) is 2.51. The van der Waals surface area contributed by atoms with Crippen molar-refractivity contribution in [1.29, 1.82) is 0 Å². The highest BCUT2D eigenvalue weighted by molar-refractivity contribution is 4.70. The standard InChI is InChI=1S/C6H11F2NO/c1-9-2-3-10-5(4-9)6(7)8/h5-6H,2-4H2,1H3. The fraction of sp³-hybridized carbons (Fsp3) is 1.00. The van der Waals surface area contributed by atoms with Gasteiger partial charge >= 0.3 is 0 Å². The molecular formula is C6H11F2NO. The lowest BCUT2D eigenvalue weighted by Gasteiger charge is -2.29. The smallest absolute Gasteiger partial charge is 0.265 e. The molecule has 4 heteroatoms. The fourth-order valence-electron chi connectivity index (χ4n) is 0.964. The van der Waals surface area contributed by atoms with Crippen LogP contribution in [0.15, 0.2) is 0 Å². The lowest BCUT2D eigenvalue weighted by molar-refractivity contribution is -0.0969. The van der Waals surface area contributed by atoms with Crippen molar-refractivity contribution in [3.05, 3.63) is 0 Å². The summed E-state index contributed by atoms with van der Waals surface area (Å²) in [5.41, 5.74) is 0. The van der Waals surface area contributed by atoms with Gasteiger partial charge in [0.25, 0.3) is 6.43 Å². The second-order valence-electron chi connectivity index (χ2n) is 2.51. The molecule has 2 nitrogen and oxygen atoms in total. The zero-order chi connectivity index (χ0) is 7.56. The number of nitrogens with zero attached hydrogens (tertiary/aromatic N) is 1. The Kier molecular flexibility index (Phi) is 2.56. The molecule has 0 aliphatic carbocycles. The van der Waals surface area contributed by atoms with Gasteiger partial charge in [0.05, 0.1) is 6.61 Å². The van der Waals surface area contributed by atoms with Crippen LogP contribution in [-0.4, -0.2) is 44.2 Å². The molecule has 0 aromatic heterocycles. The maximum absolute atomic E-state index is 11.9. The molecule has 1 atom stereocenters. The molecule has 0 aromatic carbocycles. The number of morpholine rings is 1. The van der Waals surface area contributed by atoms with E-state index in [-0.39, 0.29) is 0 Å². The number of hydrogen-bond acceptors (Lipinski definition) is 2. The molecule has 0 aromatic rings. The molecule has 1 heterocycles. The first-order valence-corrected chi connectivity index (χ1v) is 3.28. The van der Waals surface area contributed by atoms with Gasteiger partial charge in [-0.15, -0.1) is 0 Å². The Morgan fingerprint density at radius 2 is 2.30 bits per heavy atom. The summed E-state index contributed by atoms with van der Waals surface area (Å²) in [5, 5.41) is 0. The van der Waals surface area contributed by atoms with Gasteiger partial charge in [0.2, 0.25) is 0 Å². The molecule has 10 heavy (non-hydrogen) atoms. The normalized spacial score (nSPS) is 29.4. The van der Waals surface area contributed by atoms with Gasteiger partial charge in [0.15, 0.2) is 0 Å². The highest BCUT2D eigenvalue weighted by atomic mass is 19.3. The van der Waals surface area contributed by atoms with Crippen LogP contribution >= 0.6 is 0 Å². The summed E-state index contributed by atoms with van der Waals surface area (Å²) in [6.07, 6.45) is -3.22. The summed E-state index contributed by atoms with van der Waals surface area (Å²) >= 11 is 0. The van der Waals surface area contributed by atoms with Crippen molar-refractivity contribution >= 4 is 0 Å². The topological polar surface area (TPSA) is 12.5 Å². The first-order chi connectivity index (χ1) is 4.70. The van der Waals surface area contributed by atoms with E-state index in [0.717, 1.165) is 6.54 Å². The van der Waals surface area contributed by atoms with Crippen molar-refractivity contribution in [2.75, 3.05) is 26.7 Å². The van der Waals surface area contributed by atoms with E-state index in [2.05, 4.69) is 0 Å². The molecular weight excluding hydrogens is 140 g/mol. The zero-order valence-corrected chi connectivity index (χ0v) is 5.89. The van der Waals surface area contributed by atoms with Gasteiger partial charge < -0.3 is 9.64 Å². The minimum absolute atomic E-state index is 0.345. The number of ether oxygens (including phenoxy) is 1. The van der Waals surface area contributed by atoms with Crippen LogP contribution in [0, 0.1) is 0 Å². The first kappa shape index (κ1) is 7.88. The van der Waals surface area contributed by atoms with Gasteiger partial charge in [-0.1, -0.05) is 0 Å². The highest BCUT2D eigenvalue weighted by Gasteiger charge is 2.25. The molecule has 1 unspecified atom stereocenters. The molecule has 0 amide bonds. The first-order valence-electron chi connectivity index (χ1n) is 3.28. The predicted octanol–water partition coefficient (Wildman–Crippen LogP) is 0.582. The predicted molar refractivity (Wildman–Crippen MR) is 33.2 cm³/mol. The number of halogens is 2. The summed E-state index contributed by atoms with van der Waals surface area (Å²) < 4.78 is 28.7. The summed E-state index contributed by atoms with van der Waals surface area (Å²) in [6.45, 7) is 1.52. The number of alkyl halides is 2. The van der Waals surface area contributed by atoms with E-state index in [9.17, 15) is 8.78 Å². The van der Waals surface area contributed by atoms with Gasteiger partial charge in [0, 0.05) is 13.1 Å². The quantitative estimate of drug-likeness (QED) is 0.543. The Balaban J connectivity index is 2.32. The number of likely N-dealkylation sites (N-methyl/N-ethyl adjacent to an activating group) is 1. The van der Waals surface area contributed by atoms with Crippen molar-refractivity contribution < 1.29 is 13.5 Å². The van der Waals surface area contributed by atoms with Gasteiger partial charge in [0.1, 0.15) is 6.10 Å². The Morgan fingerprint density at radius 3 is 2.70 bits per heavy atom. The maximum Gasteiger partial charge on any atom is 0.265 e. The van der Waals surface area contributed by atoms with Crippen LogP contribution in [0.4, 0.5) is 8.78 Å². The van der Waals surface area contributed by atoms with Crippen LogP contribution in [0.3, 0.4) is 0 Å².